The van der Waals surface area contributed by atoms with Crippen LogP contribution in [0.4, 0.5) is 5.69 Å². The molecule has 1 aromatic heterocycles. The van der Waals surface area contributed by atoms with Gasteiger partial charge < -0.3 is 25.8 Å². The topological polar surface area (TPSA) is 114 Å². The lowest BCUT2D eigenvalue weighted by Crippen LogP contribution is -2.26. The van der Waals surface area contributed by atoms with Crippen LogP contribution < -0.4 is 16.2 Å². The van der Waals surface area contributed by atoms with Gasteiger partial charge in [0.15, 0.2) is 0 Å². The fourth-order valence-electron chi connectivity index (χ4n) is 1.99. The molecule has 1 amide bonds. The molecule has 5 N–H and O–H groups in total. The van der Waals surface area contributed by atoms with Gasteiger partial charge in [0.2, 0.25) is 0 Å². The predicted molar refractivity (Wildman–Crippen MR) is 82.2 cm³/mol. The van der Waals surface area contributed by atoms with Gasteiger partial charge in [-0.15, -0.1) is 0 Å². The van der Waals surface area contributed by atoms with Crippen LogP contribution in [0.2, 0.25) is 0 Å². The molecule has 1 heterocycles. The van der Waals surface area contributed by atoms with Gasteiger partial charge >= 0.3 is 0 Å². The van der Waals surface area contributed by atoms with E-state index in [-0.39, 0.29) is 29.2 Å². The summed E-state index contributed by atoms with van der Waals surface area (Å²) in [5.74, 6) is -0.685. The standard InChI is InChI=1S/C15H17N3O4/c1-2-16-10-5-9(6-11(19)7-10)14(21)18-8-12-13(20)3-4-17-15(12)22/h3-7,16,19H,2,8H2,1H3,(H,18,21)(H2,17,20,22). The number of hydrogen-bond donors (Lipinski definition) is 5. The SMILES string of the molecule is CCNc1cc(O)cc(C(=O)NCc2c(O)cc[nH]c2=O)c1. The largest absolute Gasteiger partial charge is 0.508 e. The van der Waals surface area contributed by atoms with E-state index >= 15 is 0 Å². The number of H-pyrrole nitrogens is 1. The van der Waals surface area contributed by atoms with Gasteiger partial charge in [-0.1, -0.05) is 0 Å². The summed E-state index contributed by atoms with van der Waals surface area (Å²) >= 11 is 0. The molecule has 116 valence electrons. The molecule has 0 saturated heterocycles. The number of amides is 1. The summed E-state index contributed by atoms with van der Waals surface area (Å²) in [6, 6.07) is 5.76. The number of aromatic hydroxyl groups is 2. The van der Waals surface area contributed by atoms with Crippen molar-refractivity contribution in [2.24, 2.45) is 0 Å². The molecule has 2 aromatic rings. The molecule has 0 bridgehead atoms. The van der Waals surface area contributed by atoms with Crippen molar-refractivity contribution in [2.75, 3.05) is 11.9 Å². The number of benzene rings is 1. The highest BCUT2D eigenvalue weighted by Crippen LogP contribution is 2.20. The fourth-order valence-corrected chi connectivity index (χ4v) is 1.99. The van der Waals surface area contributed by atoms with Crippen LogP contribution >= 0.6 is 0 Å². The average molecular weight is 303 g/mol. The highest BCUT2D eigenvalue weighted by Gasteiger charge is 2.11. The number of aromatic amines is 1. The number of aromatic nitrogens is 1. The molecular formula is C15H17N3O4. The second-order valence-electron chi connectivity index (χ2n) is 4.65. The van der Waals surface area contributed by atoms with E-state index in [1.165, 1.54) is 24.4 Å². The second kappa shape index (κ2) is 6.66. The number of nitrogens with one attached hydrogen (secondary N) is 3. The van der Waals surface area contributed by atoms with Crippen LogP contribution in [0, 0.1) is 0 Å². The Kier molecular flexibility index (Phi) is 4.67. The third kappa shape index (κ3) is 3.57. The summed E-state index contributed by atoms with van der Waals surface area (Å²) in [6.07, 6.45) is 1.32. The normalized spacial score (nSPS) is 10.2. The zero-order valence-corrected chi connectivity index (χ0v) is 12.0. The van der Waals surface area contributed by atoms with Crippen LogP contribution in [-0.4, -0.2) is 27.6 Å². The van der Waals surface area contributed by atoms with Gasteiger partial charge in [0, 0.05) is 30.1 Å². The molecule has 0 unspecified atom stereocenters. The van der Waals surface area contributed by atoms with Crippen molar-refractivity contribution in [1.29, 1.82) is 0 Å². The molecule has 0 radical (unpaired) electrons. The Morgan fingerprint density at radius 1 is 1.27 bits per heavy atom. The number of phenols is 1. The Bertz CT molecular complexity index is 740. The first-order valence-corrected chi connectivity index (χ1v) is 6.77. The Hall–Kier alpha value is -2.96. The first-order chi connectivity index (χ1) is 10.5. The number of phenolic OH excluding ortho intramolecular Hbond substituents is 1. The van der Waals surface area contributed by atoms with E-state index in [0.29, 0.717) is 12.2 Å². The van der Waals surface area contributed by atoms with E-state index in [1.807, 2.05) is 6.92 Å². The van der Waals surface area contributed by atoms with Gasteiger partial charge in [-0.05, 0) is 25.1 Å². The average Bonchev–Trinajstić information content (AvgIpc) is 2.46. The van der Waals surface area contributed by atoms with Gasteiger partial charge in [-0.2, -0.15) is 0 Å². The molecule has 2 rings (SSSR count). The maximum absolute atomic E-state index is 12.1. The number of rotatable bonds is 5. The summed E-state index contributed by atoms with van der Waals surface area (Å²) in [5.41, 5.74) is 0.475. The van der Waals surface area contributed by atoms with Crippen molar-refractivity contribution < 1.29 is 15.0 Å². The highest BCUT2D eigenvalue weighted by atomic mass is 16.3. The highest BCUT2D eigenvalue weighted by molar-refractivity contribution is 5.95. The number of carbonyl (C=O) groups excluding carboxylic acids is 1. The van der Waals surface area contributed by atoms with Crippen LogP contribution in [0.1, 0.15) is 22.8 Å². The first-order valence-electron chi connectivity index (χ1n) is 6.77. The van der Waals surface area contributed by atoms with Crippen LogP contribution in [0.5, 0.6) is 11.5 Å². The predicted octanol–water partition coefficient (Wildman–Crippen LogP) is 1.15. The summed E-state index contributed by atoms with van der Waals surface area (Å²) in [5, 5.41) is 24.8. The third-order valence-electron chi connectivity index (χ3n) is 3.03. The van der Waals surface area contributed by atoms with Crippen LogP contribution in [-0.2, 0) is 6.54 Å². The third-order valence-corrected chi connectivity index (χ3v) is 3.03. The summed E-state index contributed by atoms with van der Waals surface area (Å²) < 4.78 is 0. The van der Waals surface area contributed by atoms with Crippen LogP contribution in [0.25, 0.3) is 0 Å². The molecule has 0 aliphatic carbocycles. The van der Waals surface area contributed by atoms with Gasteiger partial charge in [0.1, 0.15) is 11.5 Å². The number of anilines is 1. The van der Waals surface area contributed by atoms with Crippen molar-refractivity contribution in [3.63, 3.8) is 0 Å². The summed E-state index contributed by atoms with van der Waals surface area (Å²) in [6.45, 7) is 2.43. The van der Waals surface area contributed by atoms with Crippen molar-refractivity contribution in [3.8, 4) is 11.5 Å². The van der Waals surface area contributed by atoms with Gasteiger partial charge in [-0.3, -0.25) is 9.59 Å². The van der Waals surface area contributed by atoms with Crippen LogP contribution in [0.15, 0.2) is 35.3 Å². The quantitative estimate of drug-likeness (QED) is 0.568. The smallest absolute Gasteiger partial charge is 0.256 e. The van der Waals surface area contributed by atoms with E-state index in [0.717, 1.165) is 0 Å². The maximum Gasteiger partial charge on any atom is 0.256 e. The Labute approximate surface area is 126 Å². The molecule has 0 atom stereocenters. The minimum absolute atomic E-state index is 0.0380. The number of pyridine rings is 1. The van der Waals surface area contributed by atoms with Crippen molar-refractivity contribution >= 4 is 11.6 Å². The van der Waals surface area contributed by atoms with E-state index in [1.54, 1.807) is 6.07 Å². The Morgan fingerprint density at radius 3 is 2.73 bits per heavy atom. The molecule has 0 aliphatic heterocycles. The Morgan fingerprint density at radius 2 is 2.05 bits per heavy atom. The number of hydrogen-bond acceptors (Lipinski definition) is 5. The zero-order valence-electron chi connectivity index (χ0n) is 12.0. The molecule has 22 heavy (non-hydrogen) atoms. The van der Waals surface area contributed by atoms with Gasteiger partial charge in [0.25, 0.3) is 11.5 Å². The van der Waals surface area contributed by atoms with Crippen molar-refractivity contribution in [1.82, 2.24) is 10.3 Å². The van der Waals surface area contributed by atoms with E-state index in [9.17, 15) is 19.8 Å². The monoisotopic (exact) mass is 303 g/mol. The molecule has 1 aromatic carbocycles. The van der Waals surface area contributed by atoms with Crippen LogP contribution in [0.3, 0.4) is 0 Å². The summed E-state index contributed by atoms with van der Waals surface area (Å²) in [4.78, 5) is 26.1. The molecule has 0 aliphatic rings. The first kappa shape index (κ1) is 15.4. The van der Waals surface area contributed by atoms with Crippen molar-refractivity contribution in [3.05, 3.63) is 51.9 Å². The lowest BCUT2D eigenvalue weighted by Gasteiger charge is -2.09. The lowest BCUT2D eigenvalue weighted by atomic mass is 10.1. The molecule has 7 heteroatoms. The zero-order chi connectivity index (χ0) is 16.1. The summed E-state index contributed by atoms with van der Waals surface area (Å²) in [7, 11) is 0. The lowest BCUT2D eigenvalue weighted by molar-refractivity contribution is 0.0950. The second-order valence-corrected chi connectivity index (χ2v) is 4.65. The molecule has 7 nitrogen and oxygen atoms in total. The molecule has 0 spiro atoms. The van der Waals surface area contributed by atoms with Gasteiger partial charge in [0.05, 0.1) is 12.1 Å². The molecule has 0 fully saturated rings. The fraction of sp³-hybridized carbons (Fsp3) is 0.200. The van der Waals surface area contributed by atoms with E-state index in [4.69, 9.17) is 0 Å². The van der Waals surface area contributed by atoms with E-state index < -0.39 is 11.5 Å². The molecule has 0 saturated carbocycles. The maximum atomic E-state index is 12.1. The van der Waals surface area contributed by atoms with Crippen molar-refractivity contribution in [2.45, 2.75) is 13.5 Å². The Balaban J connectivity index is 2.14. The molecular weight excluding hydrogens is 286 g/mol. The van der Waals surface area contributed by atoms with Gasteiger partial charge in [-0.25, -0.2) is 0 Å². The van der Waals surface area contributed by atoms with E-state index in [2.05, 4.69) is 15.6 Å². The minimum Gasteiger partial charge on any atom is -0.508 e. The minimum atomic E-state index is -0.468. The number of carbonyl (C=O) groups is 1.